The number of carbonyl (C=O) groups is 1. The molecule has 0 spiro atoms. The Bertz CT molecular complexity index is 987. The number of carbonyl (C=O) groups excluding carboxylic acids is 1. The fourth-order valence-corrected chi connectivity index (χ4v) is 3.34. The van der Waals surface area contributed by atoms with Crippen LogP contribution in [0.4, 0.5) is 5.69 Å². The number of fused-ring (bicyclic) bond motifs is 1. The maximum absolute atomic E-state index is 12.8. The van der Waals surface area contributed by atoms with Crippen LogP contribution in [0.1, 0.15) is 29.7 Å². The van der Waals surface area contributed by atoms with E-state index in [1.165, 1.54) is 5.56 Å². The molecule has 5 nitrogen and oxygen atoms in total. The summed E-state index contributed by atoms with van der Waals surface area (Å²) >= 11 is 0. The number of hydrogen-bond acceptors (Lipinski definition) is 4. The number of anilines is 1. The first-order chi connectivity index (χ1) is 14.1. The number of aryl methyl sites for hydroxylation is 1. The van der Waals surface area contributed by atoms with Gasteiger partial charge in [0.1, 0.15) is 0 Å². The van der Waals surface area contributed by atoms with Gasteiger partial charge in [0.15, 0.2) is 11.5 Å². The number of ether oxygens (including phenoxy) is 2. The summed E-state index contributed by atoms with van der Waals surface area (Å²) in [6.45, 7) is 4.14. The number of benzene rings is 3. The Morgan fingerprint density at radius 3 is 2.34 bits per heavy atom. The Balaban J connectivity index is 1.50. The van der Waals surface area contributed by atoms with Crippen LogP contribution in [0.25, 0.3) is 0 Å². The van der Waals surface area contributed by atoms with E-state index in [1.54, 1.807) is 12.1 Å². The number of rotatable bonds is 6. The third-order valence-electron chi connectivity index (χ3n) is 4.99. The van der Waals surface area contributed by atoms with Gasteiger partial charge < -0.3 is 14.8 Å². The lowest BCUT2D eigenvalue weighted by Crippen LogP contribution is -2.40. The molecule has 3 aromatic carbocycles. The van der Waals surface area contributed by atoms with E-state index in [1.807, 2.05) is 31.2 Å². The second-order valence-corrected chi connectivity index (χ2v) is 7.20. The summed E-state index contributed by atoms with van der Waals surface area (Å²) in [7, 11) is 0. The summed E-state index contributed by atoms with van der Waals surface area (Å²) in [6, 6.07) is 23.4. The molecule has 0 aliphatic carbocycles. The number of amides is 1. The van der Waals surface area contributed by atoms with Crippen molar-refractivity contribution in [2.45, 2.75) is 25.9 Å². The van der Waals surface area contributed by atoms with E-state index in [0.717, 1.165) is 11.1 Å². The quantitative estimate of drug-likeness (QED) is 0.656. The monoisotopic (exact) mass is 388 g/mol. The maximum Gasteiger partial charge on any atom is 0.241 e. The van der Waals surface area contributed by atoms with Crippen molar-refractivity contribution in [3.8, 4) is 11.5 Å². The van der Waals surface area contributed by atoms with Crippen molar-refractivity contribution >= 4 is 11.6 Å². The fourth-order valence-electron chi connectivity index (χ4n) is 3.34. The van der Waals surface area contributed by atoms with Gasteiger partial charge in [-0.2, -0.15) is 0 Å². The van der Waals surface area contributed by atoms with Gasteiger partial charge in [-0.3, -0.25) is 10.1 Å². The predicted molar refractivity (Wildman–Crippen MR) is 113 cm³/mol. The zero-order chi connectivity index (χ0) is 20.2. The highest BCUT2D eigenvalue weighted by Crippen LogP contribution is 2.34. The van der Waals surface area contributed by atoms with E-state index in [0.29, 0.717) is 17.2 Å². The molecular weight excluding hydrogens is 364 g/mol. The molecule has 1 aliphatic heterocycles. The largest absolute Gasteiger partial charge is 0.454 e. The summed E-state index contributed by atoms with van der Waals surface area (Å²) < 4.78 is 10.7. The van der Waals surface area contributed by atoms with Gasteiger partial charge in [0.2, 0.25) is 12.7 Å². The second-order valence-electron chi connectivity index (χ2n) is 7.20. The predicted octanol–water partition coefficient (Wildman–Crippen LogP) is 4.43. The van der Waals surface area contributed by atoms with E-state index < -0.39 is 6.04 Å². The van der Waals surface area contributed by atoms with Crippen LogP contribution in [0, 0.1) is 6.92 Å². The molecule has 0 bridgehead atoms. The minimum atomic E-state index is -0.410. The van der Waals surface area contributed by atoms with Crippen LogP contribution in [0.3, 0.4) is 0 Å². The minimum Gasteiger partial charge on any atom is -0.454 e. The molecule has 5 heteroatoms. The highest BCUT2D eigenvalue weighted by molar-refractivity contribution is 5.95. The molecule has 2 N–H and O–H groups in total. The molecule has 148 valence electrons. The standard InChI is InChI=1S/C24H24N2O3/c1-16-8-10-19(11-9-16)23(18-6-4-3-5-7-18)25-17(2)24(27)26-20-12-13-21-22(14-20)29-15-28-21/h3-14,17,23,25H,15H2,1-2H3,(H,26,27)/t17-,23-/m0/s1. The zero-order valence-electron chi connectivity index (χ0n) is 16.5. The second kappa shape index (κ2) is 8.37. The third kappa shape index (κ3) is 4.41. The Kier molecular flexibility index (Phi) is 5.49. The van der Waals surface area contributed by atoms with Crippen LogP contribution < -0.4 is 20.1 Å². The molecule has 0 fully saturated rings. The van der Waals surface area contributed by atoms with Gasteiger partial charge in [0.05, 0.1) is 12.1 Å². The summed E-state index contributed by atoms with van der Waals surface area (Å²) in [5.41, 5.74) is 4.11. The molecule has 1 heterocycles. The molecule has 0 saturated heterocycles. The van der Waals surface area contributed by atoms with Gasteiger partial charge in [0, 0.05) is 11.8 Å². The number of hydrogen-bond donors (Lipinski definition) is 2. The van der Waals surface area contributed by atoms with Gasteiger partial charge in [-0.05, 0) is 37.1 Å². The Morgan fingerprint density at radius 2 is 1.59 bits per heavy atom. The molecule has 1 amide bonds. The Hall–Kier alpha value is -3.31. The SMILES string of the molecule is Cc1ccc([C@@H](N[C@@H](C)C(=O)Nc2ccc3c(c2)OCO3)c2ccccc2)cc1. The van der Waals surface area contributed by atoms with E-state index in [-0.39, 0.29) is 18.7 Å². The highest BCUT2D eigenvalue weighted by atomic mass is 16.7. The van der Waals surface area contributed by atoms with Gasteiger partial charge in [0.25, 0.3) is 0 Å². The van der Waals surface area contributed by atoms with Crippen LogP contribution in [0.15, 0.2) is 72.8 Å². The smallest absolute Gasteiger partial charge is 0.241 e. The van der Waals surface area contributed by atoms with Crippen LogP contribution in [0.5, 0.6) is 11.5 Å². The van der Waals surface area contributed by atoms with E-state index in [2.05, 4.69) is 54.0 Å². The average molecular weight is 388 g/mol. The molecule has 0 saturated carbocycles. The molecule has 4 rings (SSSR count). The lowest BCUT2D eigenvalue weighted by atomic mass is 9.97. The summed E-state index contributed by atoms with van der Waals surface area (Å²) in [5, 5.41) is 6.43. The molecule has 3 aromatic rings. The van der Waals surface area contributed by atoms with Crippen LogP contribution in [-0.2, 0) is 4.79 Å². The molecule has 2 atom stereocenters. The van der Waals surface area contributed by atoms with E-state index in [9.17, 15) is 4.79 Å². The Labute approximate surface area is 170 Å². The zero-order valence-corrected chi connectivity index (χ0v) is 16.5. The third-order valence-corrected chi connectivity index (χ3v) is 4.99. The molecule has 0 radical (unpaired) electrons. The normalized spacial score (nSPS) is 14.3. The first-order valence-corrected chi connectivity index (χ1v) is 9.68. The van der Waals surface area contributed by atoms with Crippen molar-refractivity contribution in [1.82, 2.24) is 5.32 Å². The van der Waals surface area contributed by atoms with Gasteiger partial charge in [-0.1, -0.05) is 60.2 Å². The lowest BCUT2D eigenvalue weighted by Gasteiger charge is -2.24. The van der Waals surface area contributed by atoms with Gasteiger partial charge >= 0.3 is 0 Å². The maximum atomic E-state index is 12.8. The van der Waals surface area contributed by atoms with Crippen LogP contribution in [0.2, 0.25) is 0 Å². The first-order valence-electron chi connectivity index (χ1n) is 9.68. The van der Waals surface area contributed by atoms with Crippen molar-refractivity contribution in [3.63, 3.8) is 0 Å². The molecule has 1 aliphatic rings. The van der Waals surface area contributed by atoms with Gasteiger partial charge in [-0.25, -0.2) is 0 Å². The van der Waals surface area contributed by atoms with Crippen LogP contribution >= 0.6 is 0 Å². The van der Waals surface area contributed by atoms with Crippen molar-refractivity contribution in [1.29, 1.82) is 0 Å². The summed E-state index contributed by atoms with van der Waals surface area (Å²) in [5.74, 6) is 1.22. The summed E-state index contributed by atoms with van der Waals surface area (Å²) in [6.07, 6.45) is 0. The van der Waals surface area contributed by atoms with Crippen LogP contribution in [-0.4, -0.2) is 18.7 Å². The lowest BCUT2D eigenvalue weighted by molar-refractivity contribution is -0.117. The minimum absolute atomic E-state index is 0.0886. The molecule has 0 aromatic heterocycles. The first kappa shape index (κ1) is 19.0. The molecule has 29 heavy (non-hydrogen) atoms. The van der Waals surface area contributed by atoms with E-state index >= 15 is 0 Å². The van der Waals surface area contributed by atoms with Crippen molar-refractivity contribution in [2.24, 2.45) is 0 Å². The fraction of sp³-hybridized carbons (Fsp3) is 0.208. The van der Waals surface area contributed by atoms with Crippen molar-refractivity contribution in [3.05, 3.63) is 89.5 Å². The van der Waals surface area contributed by atoms with Gasteiger partial charge in [-0.15, -0.1) is 0 Å². The highest BCUT2D eigenvalue weighted by Gasteiger charge is 2.21. The summed E-state index contributed by atoms with van der Waals surface area (Å²) in [4.78, 5) is 12.8. The average Bonchev–Trinajstić information content (AvgIpc) is 3.21. The van der Waals surface area contributed by atoms with Crippen molar-refractivity contribution in [2.75, 3.05) is 12.1 Å². The molecular formula is C24H24N2O3. The number of nitrogens with one attached hydrogen (secondary N) is 2. The molecule has 0 unspecified atom stereocenters. The van der Waals surface area contributed by atoms with Crippen molar-refractivity contribution < 1.29 is 14.3 Å². The van der Waals surface area contributed by atoms with E-state index in [4.69, 9.17) is 9.47 Å². The Morgan fingerprint density at radius 1 is 0.897 bits per heavy atom. The topological polar surface area (TPSA) is 59.6 Å².